The van der Waals surface area contributed by atoms with Gasteiger partial charge in [0.25, 0.3) is 5.56 Å². The highest BCUT2D eigenvalue weighted by Crippen LogP contribution is 2.22. The molecule has 1 aromatic heterocycles. The van der Waals surface area contributed by atoms with Gasteiger partial charge in [0.05, 0.1) is 11.3 Å². The predicted octanol–water partition coefficient (Wildman–Crippen LogP) is 3.17. The first-order valence-corrected chi connectivity index (χ1v) is 8.02. The highest BCUT2D eigenvalue weighted by Gasteiger charge is 2.17. The minimum absolute atomic E-state index is 0.0113. The molecule has 7 heteroatoms. The van der Waals surface area contributed by atoms with Crippen LogP contribution < -0.4 is 5.56 Å². The van der Waals surface area contributed by atoms with E-state index < -0.39 is 5.56 Å². The summed E-state index contributed by atoms with van der Waals surface area (Å²) < 4.78 is 6.14. The average Bonchev–Trinajstić information content (AvgIpc) is 2.58. The molecule has 0 fully saturated rings. The molecule has 1 heterocycles. The van der Waals surface area contributed by atoms with E-state index in [-0.39, 0.29) is 18.0 Å². The van der Waals surface area contributed by atoms with Crippen LogP contribution in [0.25, 0.3) is 0 Å². The Morgan fingerprint density at radius 2 is 2.24 bits per heavy atom. The van der Waals surface area contributed by atoms with Gasteiger partial charge in [0.1, 0.15) is 11.6 Å². The second-order valence-electron chi connectivity index (χ2n) is 5.39. The SMILES string of the molecule is COCCCn1c(O)c(C=Nc2cccc(Cl)c2)c(C)c(C#N)c1=O. The molecule has 0 unspecified atom stereocenters. The Kier molecular flexibility index (Phi) is 6.34. The maximum absolute atomic E-state index is 12.4. The average molecular weight is 360 g/mol. The van der Waals surface area contributed by atoms with Crippen molar-refractivity contribution in [2.24, 2.45) is 4.99 Å². The second-order valence-corrected chi connectivity index (χ2v) is 5.83. The molecule has 1 aromatic carbocycles. The summed E-state index contributed by atoms with van der Waals surface area (Å²) in [5.41, 5.74) is 0.783. The van der Waals surface area contributed by atoms with Crippen LogP contribution in [-0.4, -0.2) is 29.6 Å². The summed E-state index contributed by atoms with van der Waals surface area (Å²) in [5, 5.41) is 20.3. The monoisotopic (exact) mass is 359 g/mol. The van der Waals surface area contributed by atoms with E-state index in [1.54, 1.807) is 38.3 Å². The number of hydrogen-bond acceptors (Lipinski definition) is 5. The molecule has 2 rings (SSSR count). The first kappa shape index (κ1) is 18.7. The third-order valence-corrected chi connectivity index (χ3v) is 3.96. The first-order chi connectivity index (χ1) is 12.0. The molecule has 0 saturated heterocycles. The van der Waals surface area contributed by atoms with Crippen molar-refractivity contribution in [2.75, 3.05) is 13.7 Å². The van der Waals surface area contributed by atoms with Crippen molar-refractivity contribution in [1.82, 2.24) is 4.57 Å². The van der Waals surface area contributed by atoms with E-state index in [2.05, 4.69) is 4.99 Å². The zero-order valence-corrected chi connectivity index (χ0v) is 14.7. The largest absolute Gasteiger partial charge is 0.494 e. The Bertz CT molecular complexity index is 898. The summed E-state index contributed by atoms with van der Waals surface area (Å²) in [6.07, 6.45) is 1.96. The van der Waals surface area contributed by atoms with Gasteiger partial charge in [-0.15, -0.1) is 0 Å². The Hall–Kier alpha value is -2.62. The second kappa shape index (κ2) is 8.47. The minimum Gasteiger partial charge on any atom is -0.494 e. The maximum atomic E-state index is 12.4. The molecule has 25 heavy (non-hydrogen) atoms. The molecule has 0 amide bonds. The van der Waals surface area contributed by atoms with Gasteiger partial charge in [0.2, 0.25) is 5.88 Å². The van der Waals surface area contributed by atoms with Gasteiger partial charge in [0, 0.05) is 31.5 Å². The third kappa shape index (κ3) is 4.27. The van der Waals surface area contributed by atoms with Crippen LogP contribution in [0.2, 0.25) is 5.02 Å². The van der Waals surface area contributed by atoms with Gasteiger partial charge in [-0.05, 0) is 37.1 Å². The van der Waals surface area contributed by atoms with Crippen LogP contribution in [0.1, 0.15) is 23.1 Å². The van der Waals surface area contributed by atoms with Gasteiger partial charge in [-0.3, -0.25) is 14.4 Å². The predicted molar refractivity (Wildman–Crippen MR) is 97.0 cm³/mol. The molecule has 6 nitrogen and oxygen atoms in total. The van der Waals surface area contributed by atoms with Crippen molar-refractivity contribution in [2.45, 2.75) is 19.9 Å². The third-order valence-electron chi connectivity index (χ3n) is 3.73. The minimum atomic E-state index is -0.520. The van der Waals surface area contributed by atoms with Crippen molar-refractivity contribution < 1.29 is 9.84 Å². The Labute approximate surface area is 150 Å². The Morgan fingerprint density at radius 1 is 1.48 bits per heavy atom. The molecule has 0 aliphatic rings. The lowest BCUT2D eigenvalue weighted by atomic mass is 10.1. The number of aromatic nitrogens is 1. The Morgan fingerprint density at radius 3 is 2.88 bits per heavy atom. The van der Waals surface area contributed by atoms with E-state index in [9.17, 15) is 15.2 Å². The summed E-state index contributed by atoms with van der Waals surface area (Å²) in [4.78, 5) is 16.7. The molecular weight excluding hydrogens is 342 g/mol. The van der Waals surface area contributed by atoms with E-state index in [4.69, 9.17) is 16.3 Å². The lowest BCUT2D eigenvalue weighted by Crippen LogP contribution is -2.26. The zero-order valence-electron chi connectivity index (χ0n) is 14.0. The fraction of sp³-hybridized carbons (Fsp3) is 0.278. The fourth-order valence-electron chi connectivity index (χ4n) is 2.40. The van der Waals surface area contributed by atoms with Crippen molar-refractivity contribution in [3.63, 3.8) is 0 Å². The molecule has 0 bridgehead atoms. The fourth-order valence-corrected chi connectivity index (χ4v) is 2.58. The van der Waals surface area contributed by atoms with Gasteiger partial charge in [-0.25, -0.2) is 0 Å². The molecule has 0 aliphatic heterocycles. The van der Waals surface area contributed by atoms with Crippen LogP contribution in [0.4, 0.5) is 5.69 Å². The van der Waals surface area contributed by atoms with Gasteiger partial charge in [-0.1, -0.05) is 17.7 Å². The summed E-state index contributed by atoms with van der Waals surface area (Å²) in [6.45, 7) is 2.29. The summed E-state index contributed by atoms with van der Waals surface area (Å²) in [7, 11) is 1.56. The molecule has 0 spiro atoms. The highest BCUT2D eigenvalue weighted by atomic mass is 35.5. The normalized spacial score (nSPS) is 11.0. The summed E-state index contributed by atoms with van der Waals surface area (Å²) in [6, 6.07) is 8.83. The molecule has 0 atom stereocenters. The maximum Gasteiger partial charge on any atom is 0.271 e. The van der Waals surface area contributed by atoms with Crippen molar-refractivity contribution >= 4 is 23.5 Å². The van der Waals surface area contributed by atoms with Gasteiger partial charge in [0.15, 0.2) is 0 Å². The zero-order chi connectivity index (χ0) is 18.4. The van der Waals surface area contributed by atoms with Crippen molar-refractivity contribution in [1.29, 1.82) is 5.26 Å². The quantitative estimate of drug-likeness (QED) is 0.633. The lowest BCUT2D eigenvalue weighted by molar-refractivity contribution is 0.188. The number of methoxy groups -OCH3 is 1. The number of benzene rings is 1. The van der Waals surface area contributed by atoms with Crippen LogP contribution >= 0.6 is 11.6 Å². The van der Waals surface area contributed by atoms with Crippen LogP contribution in [-0.2, 0) is 11.3 Å². The number of ether oxygens (including phenoxy) is 1. The standard InChI is InChI=1S/C18H18ClN3O3/c1-12-15(10-20)17(23)22(7-4-8-25-2)18(24)16(12)11-21-14-6-3-5-13(19)9-14/h3,5-6,9,11,24H,4,7-8H2,1-2H3. The number of aromatic hydroxyl groups is 1. The van der Waals surface area contributed by atoms with Gasteiger partial charge < -0.3 is 9.84 Å². The first-order valence-electron chi connectivity index (χ1n) is 7.64. The van der Waals surface area contributed by atoms with Gasteiger partial charge >= 0.3 is 0 Å². The van der Waals surface area contributed by atoms with Crippen LogP contribution in [0.3, 0.4) is 0 Å². The topological polar surface area (TPSA) is 87.6 Å². The number of nitriles is 1. The number of rotatable bonds is 6. The lowest BCUT2D eigenvalue weighted by Gasteiger charge is -2.13. The van der Waals surface area contributed by atoms with Crippen molar-refractivity contribution in [3.8, 4) is 11.9 Å². The van der Waals surface area contributed by atoms with E-state index in [0.29, 0.717) is 34.9 Å². The summed E-state index contributed by atoms with van der Waals surface area (Å²) >= 11 is 5.93. The molecule has 2 aromatic rings. The number of pyridine rings is 1. The number of hydrogen-bond donors (Lipinski definition) is 1. The highest BCUT2D eigenvalue weighted by molar-refractivity contribution is 6.30. The van der Waals surface area contributed by atoms with Crippen LogP contribution in [0.5, 0.6) is 5.88 Å². The van der Waals surface area contributed by atoms with Crippen LogP contribution in [0.15, 0.2) is 34.1 Å². The molecule has 0 aliphatic carbocycles. The van der Waals surface area contributed by atoms with Gasteiger partial charge in [-0.2, -0.15) is 5.26 Å². The molecule has 130 valence electrons. The number of aliphatic imine (C=N–C) groups is 1. The summed E-state index contributed by atoms with van der Waals surface area (Å²) in [5.74, 6) is -0.219. The molecule has 0 radical (unpaired) electrons. The molecule has 0 saturated carbocycles. The van der Waals surface area contributed by atoms with E-state index >= 15 is 0 Å². The molecular formula is C18H18ClN3O3. The van der Waals surface area contributed by atoms with E-state index in [1.807, 2.05) is 6.07 Å². The van der Waals surface area contributed by atoms with Crippen molar-refractivity contribution in [3.05, 3.63) is 56.3 Å². The number of halogens is 1. The van der Waals surface area contributed by atoms with Crippen LogP contribution in [0, 0.1) is 18.3 Å². The smallest absolute Gasteiger partial charge is 0.271 e. The van der Waals surface area contributed by atoms with E-state index in [1.165, 1.54) is 10.8 Å². The number of nitrogens with zero attached hydrogens (tertiary/aromatic N) is 3. The molecule has 1 N–H and O–H groups in total. The van der Waals surface area contributed by atoms with E-state index in [0.717, 1.165) is 0 Å². The Balaban J connectivity index is 2.51.